The van der Waals surface area contributed by atoms with Crippen molar-refractivity contribution >= 4 is 34.3 Å². The van der Waals surface area contributed by atoms with Crippen molar-refractivity contribution in [1.82, 2.24) is 19.9 Å². The number of hydrogen-bond donors (Lipinski definition) is 4. The van der Waals surface area contributed by atoms with Gasteiger partial charge < -0.3 is 21.4 Å². The lowest BCUT2D eigenvalue weighted by molar-refractivity contribution is 0.847. The van der Waals surface area contributed by atoms with Gasteiger partial charge in [0, 0.05) is 12.6 Å². The molecule has 3 heterocycles. The maximum absolute atomic E-state index is 9.36. The first kappa shape index (κ1) is 16.2. The maximum atomic E-state index is 9.36. The van der Waals surface area contributed by atoms with E-state index in [0.717, 1.165) is 16.6 Å². The largest absolute Gasteiger partial charge is 0.397 e. The van der Waals surface area contributed by atoms with Crippen LogP contribution in [0, 0.1) is 22.8 Å². The van der Waals surface area contributed by atoms with Crippen LogP contribution in [0.1, 0.15) is 22.7 Å². The fourth-order valence-electron chi connectivity index (χ4n) is 3.15. The molecule has 0 amide bonds. The molecular formula is C17H14N10. The molecule has 3 aromatic rings. The highest BCUT2D eigenvalue weighted by Crippen LogP contribution is 2.40. The molecule has 1 aliphatic heterocycles. The van der Waals surface area contributed by atoms with Crippen LogP contribution >= 0.6 is 0 Å². The minimum absolute atomic E-state index is 0.0124. The number of nitrogens with one attached hydrogen (secondary N) is 2. The Labute approximate surface area is 153 Å². The predicted molar refractivity (Wildman–Crippen MR) is 100 cm³/mol. The predicted octanol–water partition coefficient (Wildman–Crippen LogP) is 0.946. The molecule has 1 unspecified atom stereocenters. The van der Waals surface area contributed by atoms with E-state index in [4.69, 9.17) is 16.7 Å². The highest BCUT2D eigenvalue weighted by molar-refractivity contribution is 5.98. The molecule has 1 aliphatic rings. The molecule has 0 spiro atoms. The fraction of sp³-hybridized carbons (Fsp3) is 0.118. The van der Waals surface area contributed by atoms with Crippen LogP contribution < -0.4 is 22.1 Å². The van der Waals surface area contributed by atoms with E-state index in [2.05, 4.69) is 25.6 Å². The van der Waals surface area contributed by atoms with Crippen molar-refractivity contribution in [3.05, 3.63) is 41.2 Å². The third-order valence-corrected chi connectivity index (χ3v) is 4.42. The third-order valence-electron chi connectivity index (χ3n) is 4.42. The van der Waals surface area contributed by atoms with Crippen LogP contribution in [-0.2, 0) is 7.05 Å². The van der Waals surface area contributed by atoms with Crippen molar-refractivity contribution in [3.8, 4) is 12.3 Å². The van der Waals surface area contributed by atoms with E-state index in [-0.39, 0.29) is 23.0 Å². The summed E-state index contributed by atoms with van der Waals surface area (Å²) in [6.45, 7) is 0. The van der Waals surface area contributed by atoms with Gasteiger partial charge in [-0.3, -0.25) is 5.32 Å². The van der Waals surface area contributed by atoms with Gasteiger partial charge in [-0.1, -0.05) is 6.07 Å². The zero-order chi connectivity index (χ0) is 19.1. The number of hydrogen-bond acceptors (Lipinski definition) is 9. The van der Waals surface area contributed by atoms with Gasteiger partial charge in [0.2, 0.25) is 5.96 Å². The van der Waals surface area contributed by atoms with Gasteiger partial charge >= 0.3 is 0 Å². The van der Waals surface area contributed by atoms with Crippen LogP contribution in [0.2, 0.25) is 0 Å². The lowest BCUT2D eigenvalue weighted by Crippen LogP contribution is -2.32. The minimum atomic E-state index is -0.580. The number of nitriles is 2. The lowest BCUT2D eigenvalue weighted by atomic mass is 9.95. The number of rotatable bonds is 1. The van der Waals surface area contributed by atoms with E-state index in [1.54, 1.807) is 6.33 Å². The van der Waals surface area contributed by atoms with Crippen molar-refractivity contribution in [3.63, 3.8) is 0 Å². The number of nitrogens with zero attached hydrogens (tertiary/aromatic N) is 6. The molecular weight excluding hydrogens is 344 g/mol. The quantitative estimate of drug-likeness (QED) is 0.368. The average molecular weight is 358 g/mol. The highest BCUT2D eigenvalue weighted by Gasteiger charge is 2.29. The fourth-order valence-corrected chi connectivity index (χ4v) is 3.15. The van der Waals surface area contributed by atoms with Crippen molar-refractivity contribution in [1.29, 1.82) is 10.5 Å². The van der Waals surface area contributed by atoms with Crippen molar-refractivity contribution < 1.29 is 0 Å². The van der Waals surface area contributed by atoms with Crippen LogP contribution in [0.3, 0.4) is 0 Å². The second-order valence-electron chi connectivity index (χ2n) is 6.01. The summed E-state index contributed by atoms with van der Waals surface area (Å²) in [5.74, 6) is 0.577. The Bertz CT molecular complexity index is 1190. The number of anilines is 3. The molecule has 0 radical (unpaired) electrons. The Morgan fingerprint density at radius 2 is 2.11 bits per heavy atom. The molecule has 0 bridgehead atoms. The maximum Gasteiger partial charge on any atom is 0.211 e. The van der Waals surface area contributed by atoms with E-state index < -0.39 is 6.04 Å². The first-order valence-electron chi connectivity index (χ1n) is 7.93. The molecule has 0 saturated heterocycles. The smallest absolute Gasteiger partial charge is 0.211 e. The first-order valence-corrected chi connectivity index (χ1v) is 7.93. The standard InChI is InChI=1S/C17H14N10/c1-27-7-23-10-4-8(2-3-11(10)27)14-12-13(20)9(5-18)15(21)25-16(12)26-17(24-14)22-6-19/h2-4,7,14H,1H3,(H6,20,21,22,24,25,26). The molecule has 1 aromatic carbocycles. The summed E-state index contributed by atoms with van der Waals surface area (Å²) in [6, 6.07) is 7.13. The van der Waals surface area contributed by atoms with Crippen molar-refractivity contribution in [2.75, 3.05) is 16.8 Å². The molecule has 6 N–H and O–H groups in total. The summed E-state index contributed by atoms with van der Waals surface area (Å²) in [5, 5.41) is 23.7. The number of aromatic nitrogens is 3. The summed E-state index contributed by atoms with van der Waals surface area (Å²) in [4.78, 5) is 13.1. The SMILES string of the molecule is Cn1cnc2cc(C3N=C(NC#N)Nc4nc(N)c(C#N)c(N)c43)ccc21. The van der Waals surface area contributed by atoms with Crippen LogP contribution in [0.25, 0.3) is 11.0 Å². The summed E-state index contributed by atoms with van der Waals surface area (Å²) in [5.41, 5.74) is 15.5. The normalized spacial score (nSPS) is 15.2. The summed E-state index contributed by atoms with van der Waals surface area (Å²) >= 11 is 0. The Morgan fingerprint density at radius 1 is 1.30 bits per heavy atom. The average Bonchev–Trinajstić information content (AvgIpc) is 3.02. The second-order valence-corrected chi connectivity index (χ2v) is 6.01. The number of aryl methyl sites for hydroxylation is 1. The molecule has 0 aliphatic carbocycles. The highest BCUT2D eigenvalue weighted by atomic mass is 15.2. The Kier molecular flexibility index (Phi) is 3.53. The van der Waals surface area contributed by atoms with Gasteiger partial charge in [0.1, 0.15) is 29.3 Å². The molecule has 27 heavy (non-hydrogen) atoms. The number of nitrogens with two attached hydrogens (primary N) is 2. The number of pyridine rings is 1. The molecule has 0 saturated carbocycles. The van der Waals surface area contributed by atoms with E-state index in [1.807, 2.05) is 42.1 Å². The minimum Gasteiger partial charge on any atom is -0.397 e. The Hall–Kier alpha value is -4.31. The van der Waals surface area contributed by atoms with Gasteiger partial charge in [0.15, 0.2) is 6.19 Å². The molecule has 10 heteroatoms. The van der Waals surface area contributed by atoms with Gasteiger partial charge in [-0.05, 0) is 17.7 Å². The second kappa shape index (κ2) is 5.89. The van der Waals surface area contributed by atoms with E-state index in [9.17, 15) is 5.26 Å². The molecule has 4 rings (SSSR count). The van der Waals surface area contributed by atoms with Gasteiger partial charge in [0.05, 0.1) is 23.0 Å². The number of benzene rings is 1. The van der Waals surface area contributed by atoms with Crippen LogP contribution in [-0.4, -0.2) is 20.5 Å². The van der Waals surface area contributed by atoms with Gasteiger partial charge in [0.25, 0.3) is 0 Å². The number of guanidine groups is 1. The first-order chi connectivity index (χ1) is 13.0. The Balaban J connectivity index is 1.95. The molecule has 0 fully saturated rings. The van der Waals surface area contributed by atoms with Gasteiger partial charge in [-0.15, -0.1) is 0 Å². The van der Waals surface area contributed by atoms with E-state index >= 15 is 0 Å². The number of nitrogen functional groups attached to an aromatic ring is 2. The zero-order valence-corrected chi connectivity index (χ0v) is 14.2. The molecule has 132 valence electrons. The van der Waals surface area contributed by atoms with Gasteiger partial charge in [-0.2, -0.15) is 10.5 Å². The Morgan fingerprint density at radius 3 is 2.85 bits per heavy atom. The lowest BCUT2D eigenvalue weighted by Gasteiger charge is -2.26. The zero-order valence-electron chi connectivity index (χ0n) is 14.2. The van der Waals surface area contributed by atoms with Crippen molar-refractivity contribution in [2.45, 2.75) is 6.04 Å². The summed E-state index contributed by atoms with van der Waals surface area (Å²) in [7, 11) is 1.91. The summed E-state index contributed by atoms with van der Waals surface area (Å²) in [6.07, 6.45) is 3.55. The van der Waals surface area contributed by atoms with Crippen LogP contribution in [0.5, 0.6) is 0 Å². The third kappa shape index (κ3) is 2.44. The van der Waals surface area contributed by atoms with Crippen molar-refractivity contribution in [2.24, 2.45) is 12.0 Å². The summed E-state index contributed by atoms with van der Waals surface area (Å²) < 4.78 is 1.91. The number of aliphatic imine (C=N–C) groups is 1. The number of imidazole rings is 1. The van der Waals surface area contributed by atoms with Gasteiger partial charge in [-0.25, -0.2) is 15.0 Å². The van der Waals surface area contributed by atoms with Crippen LogP contribution in [0.15, 0.2) is 29.5 Å². The molecule has 2 aromatic heterocycles. The van der Waals surface area contributed by atoms with E-state index in [0.29, 0.717) is 11.4 Å². The molecule has 1 atom stereocenters. The van der Waals surface area contributed by atoms with Crippen LogP contribution in [0.4, 0.5) is 17.3 Å². The topological polar surface area (TPSA) is 167 Å². The molecule has 10 nitrogen and oxygen atoms in total. The van der Waals surface area contributed by atoms with E-state index in [1.165, 1.54) is 0 Å². The monoisotopic (exact) mass is 358 g/mol. The number of fused-ring (bicyclic) bond motifs is 2.